The Hall–Kier alpha value is -1.75. The molecule has 1 rings (SSSR count). The number of hydrogen-bond donors (Lipinski definition) is 0. The molecule has 0 unspecified atom stereocenters. The fourth-order valence-electron chi connectivity index (χ4n) is 1.37. The van der Waals surface area contributed by atoms with Crippen molar-refractivity contribution in [3.05, 3.63) is 39.9 Å². The number of likely N-dealkylation sites (N-methyl/N-ethyl adjacent to an activating group) is 1. The molecule has 0 aromatic heterocycles. The predicted octanol–water partition coefficient (Wildman–Crippen LogP) is 1.27. The van der Waals surface area contributed by atoms with Gasteiger partial charge in [0.2, 0.25) is 0 Å². The molecule has 5 nitrogen and oxygen atoms in total. The molecule has 0 fully saturated rings. The number of hydrogen-bond acceptors (Lipinski definition) is 4. The molecule has 86 valence electrons. The van der Waals surface area contributed by atoms with Gasteiger partial charge in [-0.3, -0.25) is 14.9 Å². The van der Waals surface area contributed by atoms with Crippen LogP contribution in [0.2, 0.25) is 0 Å². The van der Waals surface area contributed by atoms with Crippen LogP contribution in [-0.4, -0.2) is 36.2 Å². The number of ketones is 1. The van der Waals surface area contributed by atoms with Crippen molar-refractivity contribution < 1.29 is 9.72 Å². The molecular formula is C11H14N2O3. The largest absolute Gasteiger partial charge is 0.302 e. The lowest BCUT2D eigenvalue weighted by Crippen LogP contribution is -2.22. The summed E-state index contributed by atoms with van der Waals surface area (Å²) in [7, 11) is 3.65. The molecule has 0 N–H and O–H groups in total. The number of benzene rings is 1. The smallest absolute Gasteiger partial charge is 0.269 e. The summed E-state index contributed by atoms with van der Waals surface area (Å²) in [6.45, 7) is 0.386. The average molecular weight is 222 g/mol. The third-order valence-corrected chi connectivity index (χ3v) is 2.04. The zero-order valence-electron chi connectivity index (χ0n) is 9.34. The van der Waals surface area contributed by atoms with E-state index in [1.54, 1.807) is 17.0 Å². The van der Waals surface area contributed by atoms with Gasteiger partial charge in [0, 0.05) is 18.6 Å². The van der Waals surface area contributed by atoms with Gasteiger partial charge in [-0.15, -0.1) is 0 Å². The highest BCUT2D eigenvalue weighted by atomic mass is 16.6. The van der Waals surface area contributed by atoms with Crippen LogP contribution in [0.15, 0.2) is 24.3 Å². The van der Waals surface area contributed by atoms with E-state index in [1.807, 2.05) is 14.1 Å². The van der Waals surface area contributed by atoms with Crippen LogP contribution in [-0.2, 0) is 11.2 Å². The van der Waals surface area contributed by atoms with Crippen LogP contribution in [0.4, 0.5) is 5.69 Å². The standard InChI is InChI=1S/C11H14N2O3/c1-12(2)8-11(14)7-9-3-5-10(6-4-9)13(15)16/h3-6H,7-8H2,1-2H3. The van der Waals surface area contributed by atoms with Gasteiger partial charge >= 0.3 is 0 Å². The molecule has 0 aliphatic rings. The van der Waals surface area contributed by atoms with Crippen LogP contribution < -0.4 is 0 Å². The van der Waals surface area contributed by atoms with Gasteiger partial charge in [-0.25, -0.2) is 0 Å². The maximum atomic E-state index is 11.5. The Morgan fingerprint density at radius 1 is 1.31 bits per heavy atom. The quantitative estimate of drug-likeness (QED) is 0.556. The molecule has 5 heteroatoms. The van der Waals surface area contributed by atoms with Crippen molar-refractivity contribution in [1.29, 1.82) is 0 Å². The number of nitro benzene ring substituents is 1. The van der Waals surface area contributed by atoms with Crippen molar-refractivity contribution in [1.82, 2.24) is 4.90 Å². The van der Waals surface area contributed by atoms with E-state index in [-0.39, 0.29) is 11.5 Å². The third kappa shape index (κ3) is 3.78. The number of nitrogens with zero attached hydrogens (tertiary/aromatic N) is 2. The fourth-order valence-corrected chi connectivity index (χ4v) is 1.37. The molecule has 0 spiro atoms. The van der Waals surface area contributed by atoms with Crippen molar-refractivity contribution >= 4 is 11.5 Å². The molecular weight excluding hydrogens is 208 g/mol. The van der Waals surface area contributed by atoms with Crippen LogP contribution in [0.3, 0.4) is 0 Å². The molecule has 0 amide bonds. The topological polar surface area (TPSA) is 63.5 Å². The van der Waals surface area contributed by atoms with E-state index in [0.29, 0.717) is 13.0 Å². The second kappa shape index (κ2) is 5.37. The lowest BCUT2D eigenvalue weighted by atomic mass is 10.1. The van der Waals surface area contributed by atoms with Crippen LogP contribution in [0.1, 0.15) is 5.56 Å². The second-order valence-corrected chi connectivity index (χ2v) is 3.88. The number of rotatable bonds is 5. The summed E-state index contributed by atoms with van der Waals surface area (Å²) in [6.07, 6.45) is 0.316. The first-order valence-electron chi connectivity index (χ1n) is 4.89. The summed E-state index contributed by atoms with van der Waals surface area (Å²) in [4.78, 5) is 23.2. The van der Waals surface area contributed by atoms with Crippen molar-refractivity contribution in [3.63, 3.8) is 0 Å². The first-order chi connectivity index (χ1) is 7.49. The molecule has 0 aliphatic heterocycles. The summed E-state index contributed by atoms with van der Waals surface area (Å²) in [5.41, 5.74) is 0.848. The fraction of sp³-hybridized carbons (Fsp3) is 0.364. The summed E-state index contributed by atoms with van der Waals surface area (Å²) in [5.74, 6) is 0.0962. The van der Waals surface area contributed by atoms with Crippen molar-refractivity contribution in [2.24, 2.45) is 0 Å². The molecule has 0 radical (unpaired) electrons. The minimum absolute atomic E-state index is 0.0452. The minimum atomic E-state index is -0.453. The zero-order valence-corrected chi connectivity index (χ0v) is 9.34. The highest BCUT2D eigenvalue weighted by Crippen LogP contribution is 2.12. The Bertz CT molecular complexity index is 385. The number of non-ortho nitro benzene ring substituents is 1. The van der Waals surface area contributed by atoms with E-state index in [1.165, 1.54) is 12.1 Å². The van der Waals surface area contributed by atoms with Crippen LogP contribution in [0.5, 0.6) is 0 Å². The SMILES string of the molecule is CN(C)CC(=O)Cc1ccc([N+](=O)[O-])cc1. The summed E-state index contributed by atoms with van der Waals surface area (Å²) < 4.78 is 0. The zero-order chi connectivity index (χ0) is 12.1. The lowest BCUT2D eigenvalue weighted by Gasteiger charge is -2.07. The van der Waals surface area contributed by atoms with E-state index in [2.05, 4.69) is 0 Å². The summed E-state index contributed by atoms with van der Waals surface area (Å²) >= 11 is 0. The maximum Gasteiger partial charge on any atom is 0.269 e. The van der Waals surface area contributed by atoms with Gasteiger partial charge in [0.05, 0.1) is 11.5 Å². The van der Waals surface area contributed by atoms with Crippen molar-refractivity contribution in [2.45, 2.75) is 6.42 Å². The number of Topliss-reactive ketones (excluding diaryl/α,β-unsaturated/α-hetero) is 1. The maximum absolute atomic E-state index is 11.5. The first-order valence-corrected chi connectivity index (χ1v) is 4.89. The number of carbonyl (C=O) groups excluding carboxylic acids is 1. The van der Waals surface area contributed by atoms with E-state index < -0.39 is 4.92 Å². The minimum Gasteiger partial charge on any atom is -0.302 e. The van der Waals surface area contributed by atoms with Gasteiger partial charge in [0.15, 0.2) is 5.78 Å². The van der Waals surface area contributed by atoms with Gasteiger partial charge in [-0.05, 0) is 19.7 Å². The molecule has 0 aliphatic carbocycles. The highest BCUT2D eigenvalue weighted by Gasteiger charge is 2.07. The van der Waals surface area contributed by atoms with E-state index in [9.17, 15) is 14.9 Å². The van der Waals surface area contributed by atoms with E-state index in [0.717, 1.165) is 5.56 Å². The Balaban J connectivity index is 2.62. The summed E-state index contributed by atoms with van der Waals surface area (Å²) in [6, 6.07) is 6.06. The van der Waals surface area contributed by atoms with Crippen molar-refractivity contribution in [3.8, 4) is 0 Å². The Morgan fingerprint density at radius 2 is 1.88 bits per heavy atom. The normalized spacial score (nSPS) is 10.4. The van der Waals surface area contributed by atoms with Crippen LogP contribution in [0, 0.1) is 10.1 Å². The molecule has 0 saturated heterocycles. The molecule has 0 heterocycles. The Labute approximate surface area is 93.8 Å². The Kier molecular flexibility index (Phi) is 4.13. The van der Waals surface area contributed by atoms with Gasteiger partial charge in [0.1, 0.15) is 0 Å². The van der Waals surface area contributed by atoms with E-state index in [4.69, 9.17) is 0 Å². The highest BCUT2D eigenvalue weighted by molar-refractivity contribution is 5.82. The predicted molar refractivity (Wildman–Crippen MR) is 60.4 cm³/mol. The first kappa shape index (κ1) is 12.3. The average Bonchev–Trinajstić information content (AvgIpc) is 2.16. The van der Waals surface area contributed by atoms with Gasteiger partial charge in [0.25, 0.3) is 5.69 Å². The lowest BCUT2D eigenvalue weighted by molar-refractivity contribution is -0.384. The Morgan fingerprint density at radius 3 is 2.31 bits per heavy atom. The number of nitro groups is 1. The second-order valence-electron chi connectivity index (χ2n) is 3.88. The molecule has 1 aromatic carbocycles. The molecule has 0 saturated carbocycles. The number of carbonyl (C=O) groups is 1. The van der Waals surface area contributed by atoms with E-state index >= 15 is 0 Å². The monoisotopic (exact) mass is 222 g/mol. The third-order valence-electron chi connectivity index (χ3n) is 2.04. The van der Waals surface area contributed by atoms with Gasteiger partial charge < -0.3 is 4.90 Å². The van der Waals surface area contributed by atoms with Crippen molar-refractivity contribution in [2.75, 3.05) is 20.6 Å². The van der Waals surface area contributed by atoms with Gasteiger partial charge in [-0.2, -0.15) is 0 Å². The molecule has 1 aromatic rings. The van der Waals surface area contributed by atoms with Crippen LogP contribution in [0.25, 0.3) is 0 Å². The van der Waals surface area contributed by atoms with Crippen LogP contribution >= 0.6 is 0 Å². The molecule has 0 bridgehead atoms. The summed E-state index contributed by atoms with van der Waals surface area (Å²) in [5, 5.41) is 10.4. The van der Waals surface area contributed by atoms with Gasteiger partial charge in [-0.1, -0.05) is 12.1 Å². The molecule has 16 heavy (non-hydrogen) atoms. The molecule has 0 atom stereocenters.